The van der Waals surface area contributed by atoms with Crippen molar-refractivity contribution in [2.24, 2.45) is 5.73 Å². The Morgan fingerprint density at radius 1 is 1.16 bits per heavy atom. The Kier molecular flexibility index (Phi) is 4.27. The highest BCUT2D eigenvalue weighted by Gasteiger charge is 2.04. The van der Waals surface area contributed by atoms with Crippen LogP contribution in [0.3, 0.4) is 0 Å². The lowest BCUT2D eigenvalue weighted by Crippen LogP contribution is -2.16. The summed E-state index contributed by atoms with van der Waals surface area (Å²) in [4.78, 5) is 8.93. The number of aromatic nitrogens is 2. The van der Waals surface area contributed by atoms with Crippen molar-refractivity contribution in [2.45, 2.75) is 39.7 Å². The largest absolute Gasteiger partial charge is 0.328 e. The third kappa shape index (κ3) is 3.61. The summed E-state index contributed by atoms with van der Waals surface area (Å²) in [5, 5.41) is 0. The highest BCUT2D eigenvalue weighted by Crippen LogP contribution is 2.20. The molecule has 3 nitrogen and oxygen atoms in total. The predicted molar refractivity (Wildman–Crippen MR) is 78.9 cm³/mol. The lowest BCUT2D eigenvalue weighted by Gasteiger charge is -2.07. The topological polar surface area (TPSA) is 51.8 Å². The minimum atomic E-state index is 0.189. The summed E-state index contributed by atoms with van der Waals surface area (Å²) in [7, 11) is 0. The fourth-order valence-electron chi connectivity index (χ4n) is 1.94. The van der Waals surface area contributed by atoms with Crippen molar-refractivity contribution in [3.8, 4) is 11.3 Å². The van der Waals surface area contributed by atoms with E-state index in [-0.39, 0.29) is 6.04 Å². The summed E-state index contributed by atoms with van der Waals surface area (Å²) in [6.45, 7) is 6.25. The molecule has 0 aliphatic rings. The van der Waals surface area contributed by atoms with E-state index in [9.17, 15) is 0 Å². The van der Waals surface area contributed by atoms with E-state index in [0.29, 0.717) is 0 Å². The molecular formula is C16H21N3. The number of benzene rings is 1. The first-order valence-electron chi connectivity index (χ1n) is 6.71. The smallest absolute Gasteiger partial charge is 0.129 e. The maximum absolute atomic E-state index is 5.77. The molecule has 2 aromatic rings. The number of nitrogens with two attached hydrogens (primary N) is 1. The standard InChI is InChI=1S/C16H21N3/c1-11-4-6-14(10-12(11)2)15-8-9-18-16(19-15)7-5-13(3)17/h4,6,8-10,13H,5,7,17H2,1-3H3. The molecule has 1 unspecified atom stereocenters. The molecule has 1 aromatic heterocycles. The summed E-state index contributed by atoms with van der Waals surface area (Å²) in [5.74, 6) is 0.869. The normalized spacial score (nSPS) is 12.4. The molecule has 0 fully saturated rings. The second kappa shape index (κ2) is 5.93. The van der Waals surface area contributed by atoms with E-state index < -0.39 is 0 Å². The highest BCUT2D eigenvalue weighted by atomic mass is 14.9. The molecule has 19 heavy (non-hydrogen) atoms. The van der Waals surface area contributed by atoms with Crippen LogP contribution in [0, 0.1) is 13.8 Å². The molecule has 2 rings (SSSR count). The maximum Gasteiger partial charge on any atom is 0.129 e. The molecule has 1 aromatic carbocycles. The van der Waals surface area contributed by atoms with Crippen LogP contribution >= 0.6 is 0 Å². The van der Waals surface area contributed by atoms with Crippen molar-refractivity contribution in [1.29, 1.82) is 0 Å². The zero-order valence-corrected chi connectivity index (χ0v) is 11.9. The highest BCUT2D eigenvalue weighted by molar-refractivity contribution is 5.60. The Morgan fingerprint density at radius 2 is 1.95 bits per heavy atom. The van der Waals surface area contributed by atoms with E-state index in [1.807, 2.05) is 19.2 Å². The Labute approximate surface area is 114 Å². The second-order valence-corrected chi connectivity index (χ2v) is 5.17. The molecule has 2 N–H and O–H groups in total. The van der Waals surface area contributed by atoms with Gasteiger partial charge in [-0.25, -0.2) is 9.97 Å². The Hall–Kier alpha value is -1.74. The van der Waals surface area contributed by atoms with Crippen LogP contribution in [0.4, 0.5) is 0 Å². The van der Waals surface area contributed by atoms with Crippen molar-refractivity contribution in [3.63, 3.8) is 0 Å². The van der Waals surface area contributed by atoms with Crippen LogP contribution in [0.15, 0.2) is 30.5 Å². The molecule has 1 heterocycles. The molecule has 1 atom stereocenters. The van der Waals surface area contributed by atoms with Gasteiger partial charge < -0.3 is 5.73 Å². The molecule has 0 amide bonds. The van der Waals surface area contributed by atoms with Crippen molar-refractivity contribution in [2.75, 3.05) is 0 Å². The van der Waals surface area contributed by atoms with Crippen LogP contribution in [0.1, 0.15) is 30.3 Å². The second-order valence-electron chi connectivity index (χ2n) is 5.17. The quantitative estimate of drug-likeness (QED) is 0.913. The maximum atomic E-state index is 5.77. The van der Waals surface area contributed by atoms with Crippen LogP contribution in [0.5, 0.6) is 0 Å². The van der Waals surface area contributed by atoms with Gasteiger partial charge in [-0.2, -0.15) is 0 Å². The molecule has 0 saturated carbocycles. The molecule has 0 radical (unpaired) electrons. The summed E-state index contributed by atoms with van der Waals surface area (Å²) in [6, 6.07) is 8.56. The van der Waals surface area contributed by atoms with Crippen LogP contribution < -0.4 is 5.73 Å². The molecule has 100 valence electrons. The van der Waals surface area contributed by atoms with E-state index in [4.69, 9.17) is 5.73 Å². The molecule has 0 aliphatic heterocycles. The zero-order valence-electron chi connectivity index (χ0n) is 11.9. The molecule has 0 aliphatic carbocycles. The van der Waals surface area contributed by atoms with E-state index in [0.717, 1.165) is 29.9 Å². The summed E-state index contributed by atoms with van der Waals surface area (Å²) < 4.78 is 0. The number of aryl methyl sites for hydroxylation is 3. The Bertz CT molecular complexity index is 562. The monoisotopic (exact) mass is 255 g/mol. The van der Waals surface area contributed by atoms with Gasteiger partial charge in [0.15, 0.2) is 0 Å². The van der Waals surface area contributed by atoms with Crippen molar-refractivity contribution in [3.05, 3.63) is 47.4 Å². The van der Waals surface area contributed by atoms with Gasteiger partial charge in [0.2, 0.25) is 0 Å². The van der Waals surface area contributed by atoms with Gasteiger partial charge in [0.1, 0.15) is 5.82 Å². The average Bonchev–Trinajstić information content (AvgIpc) is 2.40. The van der Waals surface area contributed by atoms with E-state index in [1.165, 1.54) is 11.1 Å². The third-order valence-corrected chi connectivity index (χ3v) is 3.33. The lowest BCUT2D eigenvalue weighted by molar-refractivity contribution is 0.648. The number of rotatable bonds is 4. The van der Waals surface area contributed by atoms with Crippen molar-refractivity contribution >= 4 is 0 Å². The average molecular weight is 255 g/mol. The van der Waals surface area contributed by atoms with Crippen molar-refractivity contribution in [1.82, 2.24) is 9.97 Å². The summed E-state index contributed by atoms with van der Waals surface area (Å²) in [6.07, 6.45) is 3.57. The molecule has 0 saturated heterocycles. The van der Waals surface area contributed by atoms with Gasteiger partial charge in [0.05, 0.1) is 5.69 Å². The molecule has 0 bridgehead atoms. The first kappa shape index (κ1) is 13.7. The third-order valence-electron chi connectivity index (χ3n) is 3.33. The van der Waals surface area contributed by atoms with Crippen LogP contribution in [-0.2, 0) is 6.42 Å². The SMILES string of the molecule is Cc1ccc(-c2ccnc(CCC(C)N)n2)cc1C. The molecule has 0 spiro atoms. The summed E-state index contributed by atoms with van der Waals surface area (Å²) in [5.41, 5.74) is 10.5. The Balaban J connectivity index is 2.24. The van der Waals surface area contributed by atoms with Crippen LogP contribution in [0.2, 0.25) is 0 Å². The van der Waals surface area contributed by atoms with Gasteiger partial charge in [0.25, 0.3) is 0 Å². The van der Waals surface area contributed by atoms with Gasteiger partial charge >= 0.3 is 0 Å². The number of nitrogens with zero attached hydrogens (tertiary/aromatic N) is 2. The van der Waals surface area contributed by atoms with Crippen molar-refractivity contribution < 1.29 is 0 Å². The minimum absolute atomic E-state index is 0.189. The lowest BCUT2D eigenvalue weighted by atomic mass is 10.0. The van der Waals surface area contributed by atoms with Gasteiger partial charge in [-0.15, -0.1) is 0 Å². The van der Waals surface area contributed by atoms with E-state index >= 15 is 0 Å². The first-order valence-corrected chi connectivity index (χ1v) is 6.71. The fraction of sp³-hybridized carbons (Fsp3) is 0.375. The zero-order chi connectivity index (χ0) is 13.8. The predicted octanol–water partition coefficient (Wildman–Crippen LogP) is 3.04. The van der Waals surface area contributed by atoms with Gasteiger partial charge in [-0.3, -0.25) is 0 Å². The van der Waals surface area contributed by atoms with Gasteiger partial charge in [-0.1, -0.05) is 12.1 Å². The number of hydrogen-bond acceptors (Lipinski definition) is 3. The van der Waals surface area contributed by atoms with Gasteiger partial charge in [-0.05, 0) is 50.5 Å². The summed E-state index contributed by atoms with van der Waals surface area (Å²) >= 11 is 0. The Morgan fingerprint density at radius 3 is 2.63 bits per heavy atom. The van der Waals surface area contributed by atoms with Crippen LogP contribution in [0.25, 0.3) is 11.3 Å². The van der Waals surface area contributed by atoms with Crippen LogP contribution in [-0.4, -0.2) is 16.0 Å². The first-order chi connectivity index (χ1) is 9.06. The number of hydrogen-bond donors (Lipinski definition) is 1. The molecule has 3 heteroatoms. The minimum Gasteiger partial charge on any atom is -0.328 e. The van der Waals surface area contributed by atoms with E-state index in [2.05, 4.69) is 42.0 Å². The van der Waals surface area contributed by atoms with E-state index in [1.54, 1.807) is 0 Å². The van der Waals surface area contributed by atoms with Gasteiger partial charge in [0, 0.05) is 24.2 Å². The molecular weight excluding hydrogens is 234 g/mol. The fourth-order valence-corrected chi connectivity index (χ4v) is 1.94.